The van der Waals surface area contributed by atoms with Crippen molar-refractivity contribution >= 4 is 11.9 Å². The van der Waals surface area contributed by atoms with E-state index in [-0.39, 0.29) is 12.1 Å². The molecule has 28 heavy (non-hydrogen) atoms. The van der Waals surface area contributed by atoms with Gasteiger partial charge in [0, 0.05) is 25.8 Å². The summed E-state index contributed by atoms with van der Waals surface area (Å²) in [6.45, 7) is 4.25. The molecule has 0 aliphatic carbocycles. The summed E-state index contributed by atoms with van der Waals surface area (Å²) in [5.74, 6) is 0.973. The molecule has 3 heterocycles. The molecule has 6 heteroatoms. The molecule has 0 saturated carbocycles. The van der Waals surface area contributed by atoms with E-state index in [0.717, 1.165) is 69.1 Å². The quantitative estimate of drug-likeness (QED) is 0.807. The maximum Gasteiger partial charge on any atom is 0.410 e. The SMILES string of the molecule is O=C(OCc1ccccc1)N1CCCC[C@@H]1c1ccc(N2CCOCC2)nc1. The Balaban J connectivity index is 1.42. The van der Waals surface area contributed by atoms with Gasteiger partial charge in [0.05, 0.1) is 19.3 Å². The van der Waals surface area contributed by atoms with E-state index in [0.29, 0.717) is 6.61 Å². The summed E-state index contributed by atoms with van der Waals surface area (Å²) < 4.78 is 11.0. The zero-order chi connectivity index (χ0) is 19.2. The van der Waals surface area contributed by atoms with Gasteiger partial charge in [-0.3, -0.25) is 0 Å². The van der Waals surface area contributed by atoms with E-state index in [1.165, 1.54) is 0 Å². The highest BCUT2D eigenvalue weighted by Gasteiger charge is 2.29. The number of hydrogen-bond donors (Lipinski definition) is 0. The lowest BCUT2D eigenvalue weighted by Crippen LogP contribution is -2.39. The van der Waals surface area contributed by atoms with Gasteiger partial charge < -0.3 is 19.3 Å². The fourth-order valence-corrected chi connectivity index (χ4v) is 3.87. The van der Waals surface area contributed by atoms with Crippen molar-refractivity contribution in [2.45, 2.75) is 31.9 Å². The number of aromatic nitrogens is 1. The van der Waals surface area contributed by atoms with Gasteiger partial charge in [0.2, 0.25) is 0 Å². The van der Waals surface area contributed by atoms with Gasteiger partial charge in [-0.05, 0) is 36.5 Å². The molecule has 0 N–H and O–H groups in total. The number of piperidine rings is 1. The highest BCUT2D eigenvalue weighted by molar-refractivity contribution is 5.68. The summed E-state index contributed by atoms with van der Waals surface area (Å²) in [7, 11) is 0. The smallest absolute Gasteiger partial charge is 0.410 e. The average molecular weight is 381 g/mol. The second kappa shape index (κ2) is 9.06. The molecule has 2 aromatic rings. The highest BCUT2D eigenvalue weighted by Crippen LogP contribution is 2.32. The standard InChI is InChI=1S/C22H27N3O3/c26-22(28-17-18-6-2-1-3-7-18)25-11-5-4-8-20(25)19-9-10-21(23-16-19)24-12-14-27-15-13-24/h1-3,6-7,9-10,16,20H,4-5,8,11-15,17H2/t20-/m1/s1. The lowest BCUT2D eigenvalue weighted by Gasteiger charge is -2.35. The minimum atomic E-state index is -0.245. The van der Waals surface area contributed by atoms with Crippen molar-refractivity contribution in [3.8, 4) is 0 Å². The van der Waals surface area contributed by atoms with Crippen LogP contribution in [0.3, 0.4) is 0 Å². The van der Waals surface area contributed by atoms with Crippen LogP contribution in [0.1, 0.15) is 36.4 Å². The van der Waals surface area contributed by atoms with Gasteiger partial charge in [0.25, 0.3) is 0 Å². The van der Waals surface area contributed by atoms with E-state index in [4.69, 9.17) is 9.47 Å². The predicted molar refractivity (Wildman–Crippen MR) is 107 cm³/mol. The Labute approximate surface area is 166 Å². The fourth-order valence-electron chi connectivity index (χ4n) is 3.87. The number of pyridine rings is 1. The molecule has 0 radical (unpaired) electrons. The third-order valence-corrected chi connectivity index (χ3v) is 5.43. The maximum atomic E-state index is 12.7. The van der Waals surface area contributed by atoms with Gasteiger partial charge in [-0.25, -0.2) is 9.78 Å². The van der Waals surface area contributed by atoms with Crippen LogP contribution in [0.4, 0.5) is 10.6 Å². The Bertz CT molecular complexity index is 760. The summed E-state index contributed by atoms with van der Waals surface area (Å²) >= 11 is 0. The van der Waals surface area contributed by atoms with Crippen molar-refractivity contribution in [3.63, 3.8) is 0 Å². The molecular weight excluding hydrogens is 354 g/mol. The summed E-state index contributed by atoms with van der Waals surface area (Å²) in [5, 5.41) is 0. The van der Waals surface area contributed by atoms with Gasteiger partial charge in [0.15, 0.2) is 0 Å². The number of carbonyl (C=O) groups excluding carboxylic acids is 1. The Morgan fingerprint density at radius 3 is 2.64 bits per heavy atom. The number of ether oxygens (including phenoxy) is 2. The molecule has 0 spiro atoms. The zero-order valence-corrected chi connectivity index (χ0v) is 16.1. The first kappa shape index (κ1) is 18.7. The first-order valence-electron chi connectivity index (χ1n) is 10.1. The predicted octanol–water partition coefficient (Wildman–Crippen LogP) is 3.78. The number of hydrogen-bond acceptors (Lipinski definition) is 5. The van der Waals surface area contributed by atoms with Gasteiger partial charge in [-0.15, -0.1) is 0 Å². The summed E-state index contributed by atoms with van der Waals surface area (Å²) in [4.78, 5) is 21.5. The average Bonchev–Trinajstić information content (AvgIpc) is 2.79. The van der Waals surface area contributed by atoms with Crippen LogP contribution in [0.15, 0.2) is 48.7 Å². The monoisotopic (exact) mass is 381 g/mol. The molecule has 148 valence electrons. The number of carbonyl (C=O) groups is 1. The minimum absolute atomic E-state index is 0.0308. The molecule has 1 aromatic heterocycles. The van der Waals surface area contributed by atoms with Crippen molar-refractivity contribution in [3.05, 3.63) is 59.8 Å². The summed E-state index contributed by atoms with van der Waals surface area (Å²) in [6.07, 6.45) is 4.73. The molecule has 1 amide bonds. The van der Waals surface area contributed by atoms with Crippen LogP contribution >= 0.6 is 0 Å². The molecule has 4 rings (SSSR count). The van der Waals surface area contributed by atoms with E-state index in [2.05, 4.69) is 22.0 Å². The summed E-state index contributed by atoms with van der Waals surface area (Å²) in [5.41, 5.74) is 2.08. The van der Waals surface area contributed by atoms with E-state index < -0.39 is 0 Å². The van der Waals surface area contributed by atoms with Crippen LogP contribution in [0, 0.1) is 0 Å². The van der Waals surface area contributed by atoms with Crippen LogP contribution in [0.2, 0.25) is 0 Å². The fraction of sp³-hybridized carbons (Fsp3) is 0.455. The molecule has 0 bridgehead atoms. The third kappa shape index (κ3) is 4.44. The van der Waals surface area contributed by atoms with E-state index in [9.17, 15) is 4.79 Å². The van der Waals surface area contributed by atoms with E-state index in [1.54, 1.807) is 0 Å². The summed E-state index contributed by atoms with van der Waals surface area (Å²) in [6, 6.07) is 14.0. The van der Waals surface area contributed by atoms with Gasteiger partial charge in [-0.1, -0.05) is 36.4 Å². The van der Waals surface area contributed by atoms with E-state index >= 15 is 0 Å². The number of anilines is 1. The number of benzene rings is 1. The molecule has 2 aliphatic heterocycles. The molecule has 0 unspecified atom stereocenters. The lowest BCUT2D eigenvalue weighted by molar-refractivity contribution is 0.0678. The normalized spacial score (nSPS) is 20.1. The molecular formula is C22H27N3O3. The minimum Gasteiger partial charge on any atom is -0.445 e. The largest absolute Gasteiger partial charge is 0.445 e. The second-order valence-corrected chi connectivity index (χ2v) is 7.29. The molecule has 6 nitrogen and oxygen atoms in total. The van der Waals surface area contributed by atoms with Crippen LogP contribution < -0.4 is 4.90 Å². The van der Waals surface area contributed by atoms with E-state index in [1.807, 2.05) is 41.4 Å². The Hall–Kier alpha value is -2.60. The number of likely N-dealkylation sites (tertiary alicyclic amines) is 1. The first-order valence-corrected chi connectivity index (χ1v) is 10.1. The van der Waals surface area contributed by atoms with Crippen molar-refractivity contribution in [2.75, 3.05) is 37.7 Å². The Morgan fingerprint density at radius 2 is 1.89 bits per heavy atom. The Kier molecular flexibility index (Phi) is 6.07. The Morgan fingerprint density at radius 1 is 1.07 bits per heavy atom. The molecule has 2 fully saturated rings. The topological polar surface area (TPSA) is 54.9 Å². The number of rotatable bonds is 4. The zero-order valence-electron chi connectivity index (χ0n) is 16.1. The number of nitrogens with zero attached hydrogens (tertiary/aromatic N) is 3. The van der Waals surface area contributed by atoms with Crippen LogP contribution in [-0.2, 0) is 16.1 Å². The van der Waals surface area contributed by atoms with Crippen molar-refractivity contribution in [1.29, 1.82) is 0 Å². The maximum absolute atomic E-state index is 12.7. The molecule has 1 atom stereocenters. The van der Waals surface area contributed by atoms with Crippen LogP contribution in [-0.4, -0.2) is 48.8 Å². The lowest BCUT2D eigenvalue weighted by atomic mass is 9.97. The molecule has 2 saturated heterocycles. The van der Waals surface area contributed by atoms with Crippen molar-refractivity contribution in [2.24, 2.45) is 0 Å². The van der Waals surface area contributed by atoms with Crippen LogP contribution in [0.25, 0.3) is 0 Å². The number of morpholine rings is 1. The van der Waals surface area contributed by atoms with Crippen LogP contribution in [0.5, 0.6) is 0 Å². The van der Waals surface area contributed by atoms with Gasteiger partial charge in [-0.2, -0.15) is 0 Å². The first-order chi connectivity index (χ1) is 13.8. The van der Waals surface area contributed by atoms with Gasteiger partial charge in [0.1, 0.15) is 12.4 Å². The third-order valence-electron chi connectivity index (χ3n) is 5.43. The molecule has 2 aliphatic rings. The highest BCUT2D eigenvalue weighted by atomic mass is 16.6. The second-order valence-electron chi connectivity index (χ2n) is 7.29. The van der Waals surface area contributed by atoms with Crippen molar-refractivity contribution < 1.29 is 14.3 Å². The number of amides is 1. The molecule has 1 aromatic carbocycles. The van der Waals surface area contributed by atoms with Gasteiger partial charge >= 0.3 is 6.09 Å². The van der Waals surface area contributed by atoms with Crippen molar-refractivity contribution in [1.82, 2.24) is 9.88 Å².